The fraction of sp³-hybridized carbons (Fsp3) is 0.455. The van der Waals surface area contributed by atoms with E-state index < -0.39 is 17.9 Å². The molecule has 3 nitrogen and oxygen atoms in total. The summed E-state index contributed by atoms with van der Waals surface area (Å²) < 4.78 is 25.8. The van der Waals surface area contributed by atoms with E-state index in [0.717, 1.165) is 37.6 Å². The van der Waals surface area contributed by atoms with Gasteiger partial charge in [0, 0.05) is 11.8 Å². The Labute approximate surface area is 92.5 Å². The first-order chi connectivity index (χ1) is 7.65. The molecule has 1 fully saturated rings. The van der Waals surface area contributed by atoms with Gasteiger partial charge in [-0.25, -0.2) is 8.78 Å². The molecule has 1 heterocycles. The van der Waals surface area contributed by atoms with E-state index in [1.807, 2.05) is 0 Å². The smallest absolute Gasteiger partial charge is 0.139 e. The molecule has 0 spiro atoms. The highest BCUT2D eigenvalue weighted by molar-refractivity contribution is 5.44. The number of anilines is 1. The number of benzene rings is 1. The van der Waals surface area contributed by atoms with Gasteiger partial charge in [-0.3, -0.25) is 0 Å². The molecule has 1 aromatic carbocycles. The van der Waals surface area contributed by atoms with Crippen molar-refractivity contribution < 1.29 is 13.9 Å². The van der Waals surface area contributed by atoms with Gasteiger partial charge in [-0.1, -0.05) is 0 Å². The van der Waals surface area contributed by atoms with Crippen LogP contribution in [-0.2, 0) is 0 Å². The van der Waals surface area contributed by atoms with Crippen LogP contribution in [0, 0.1) is 11.6 Å². The number of rotatable bonds is 3. The van der Waals surface area contributed by atoms with Gasteiger partial charge in [-0.15, -0.1) is 0 Å². The van der Waals surface area contributed by atoms with Crippen LogP contribution in [0.4, 0.5) is 14.5 Å². The van der Waals surface area contributed by atoms with Crippen molar-refractivity contribution in [2.45, 2.75) is 25.1 Å². The van der Waals surface area contributed by atoms with Crippen molar-refractivity contribution in [3.8, 4) is 0 Å². The lowest BCUT2D eigenvalue weighted by molar-refractivity contribution is 0.163. The minimum absolute atomic E-state index is 0.0636. The van der Waals surface area contributed by atoms with E-state index in [1.54, 1.807) is 0 Å². The molecule has 0 radical (unpaired) electrons. The molecule has 1 unspecified atom stereocenters. The Morgan fingerprint density at radius 3 is 2.56 bits per heavy atom. The first kappa shape index (κ1) is 11.3. The maximum Gasteiger partial charge on any atom is 0.139 e. The molecule has 0 saturated carbocycles. The van der Waals surface area contributed by atoms with Crippen LogP contribution in [0.1, 0.15) is 12.8 Å². The molecule has 3 N–H and O–H groups in total. The van der Waals surface area contributed by atoms with Crippen LogP contribution in [-0.4, -0.2) is 23.9 Å². The largest absolute Gasteiger partial charge is 0.372 e. The van der Waals surface area contributed by atoms with Crippen LogP contribution in [0.3, 0.4) is 0 Å². The highest BCUT2D eigenvalue weighted by Crippen LogP contribution is 2.16. The zero-order chi connectivity index (χ0) is 11.5. The van der Waals surface area contributed by atoms with Crippen molar-refractivity contribution in [2.75, 3.05) is 11.9 Å². The summed E-state index contributed by atoms with van der Waals surface area (Å²) in [6.45, 7) is 0.862. The number of hydrogen-bond acceptors (Lipinski definition) is 3. The summed E-state index contributed by atoms with van der Waals surface area (Å²) in [4.78, 5) is 0. The Hall–Kier alpha value is -1.20. The van der Waals surface area contributed by atoms with Crippen LogP contribution in [0.25, 0.3) is 0 Å². The molecule has 1 saturated heterocycles. The van der Waals surface area contributed by atoms with Crippen molar-refractivity contribution in [1.29, 1.82) is 0 Å². The van der Waals surface area contributed by atoms with Crippen LogP contribution in [0.2, 0.25) is 0 Å². The summed E-state index contributed by atoms with van der Waals surface area (Å²) in [5.41, 5.74) is 0.249. The molecular formula is C11H14F2N2O. The monoisotopic (exact) mass is 228 g/mol. The van der Waals surface area contributed by atoms with Gasteiger partial charge < -0.3 is 15.7 Å². The molecule has 5 heteroatoms. The van der Waals surface area contributed by atoms with Crippen LogP contribution in [0.15, 0.2) is 18.2 Å². The minimum atomic E-state index is -0.830. The summed E-state index contributed by atoms with van der Waals surface area (Å²) in [5.74, 6) is -1.32. The third-order valence-corrected chi connectivity index (χ3v) is 2.66. The number of aliphatic hydroxyl groups is 1. The Morgan fingerprint density at radius 2 is 2.00 bits per heavy atom. The third-order valence-electron chi connectivity index (χ3n) is 2.66. The van der Waals surface area contributed by atoms with E-state index in [4.69, 9.17) is 0 Å². The van der Waals surface area contributed by atoms with Gasteiger partial charge in [-0.2, -0.15) is 0 Å². The Balaban J connectivity index is 2.02. The van der Waals surface area contributed by atoms with E-state index in [1.165, 1.54) is 0 Å². The van der Waals surface area contributed by atoms with Gasteiger partial charge in [0.15, 0.2) is 0 Å². The Bertz CT molecular complexity index is 347. The van der Waals surface area contributed by atoms with E-state index in [0.29, 0.717) is 0 Å². The lowest BCUT2D eigenvalue weighted by Crippen LogP contribution is -2.39. The molecule has 16 heavy (non-hydrogen) atoms. The maximum atomic E-state index is 12.9. The van der Waals surface area contributed by atoms with Gasteiger partial charge in [0.25, 0.3) is 0 Å². The Morgan fingerprint density at radius 1 is 1.31 bits per heavy atom. The molecule has 1 aliphatic heterocycles. The van der Waals surface area contributed by atoms with Crippen LogP contribution < -0.4 is 10.6 Å². The topological polar surface area (TPSA) is 44.3 Å². The van der Waals surface area contributed by atoms with Gasteiger partial charge >= 0.3 is 0 Å². The summed E-state index contributed by atoms with van der Waals surface area (Å²) in [5, 5.41) is 15.5. The minimum Gasteiger partial charge on any atom is -0.372 e. The fourth-order valence-electron chi connectivity index (χ4n) is 1.89. The first-order valence-corrected chi connectivity index (χ1v) is 5.29. The number of hydrogen-bond donors (Lipinski definition) is 3. The first-order valence-electron chi connectivity index (χ1n) is 5.29. The average Bonchev–Trinajstić information content (AvgIpc) is 2.68. The predicted molar refractivity (Wildman–Crippen MR) is 57.0 cm³/mol. The van der Waals surface area contributed by atoms with Gasteiger partial charge in [0.2, 0.25) is 0 Å². The molecule has 1 aliphatic rings. The van der Waals surface area contributed by atoms with Crippen LogP contribution >= 0.6 is 0 Å². The molecule has 0 aliphatic carbocycles. The SMILES string of the molecule is OC(Nc1cc(F)cc(F)c1)[C@H]1CCCN1. The molecule has 2 rings (SSSR count). The van der Waals surface area contributed by atoms with Crippen molar-refractivity contribution in [3.63, 3.8) is 0 Å². The molecule has 1 aromatic rings. The van der Waals surface area contributed by atoms with E-state index in [-0.39, 0.29) is 11.7 Å². The van der Waals surface area contributed by atoms with E-state index in [2.05, 4.69) is 10.6 Å². The molecule has 0 amide bonds. The average molecular weight is 228 g/mol. The zero-order valence-electron chi connectivity index (χ0n) is 8.71. The summed E-state index contributed by atoms with van der Waals surface area (Å²) in [6, 6.07) is 3.04. The summed E-state index contributed by atoms with van der Waals surface area (Å²) >= 11 is 0. The molecule has 2 atom stereocenters. The second-order valence-corrected chi connectivity index (χ2v) is 3.95. The molecule has 88 valence electrons. The quantitative estimate of drug-likeness (QED) is 0.686. The van der Waals surface area contributed by atoms with Crippen LogP contribution in [0.5, 0.6) is 0 Å². The molecule has 0 aromatic heterocycles. The predicted octanol–water partition coefficient (Wildman–Crippen LogP) is 1.45. The highest BCUT2D eigenvalue weighted by Gasteiger charge is 2.22. The normalized spacial score (nSPS) is 22.1. The van der Waals surface area contributed by atoms with Crippen molar-refractivity contribution in [3.05, 3.63) is 29.8 Å². The summed E-state index contributed by atoms with van der Waals surface area (Å²) in [6.07, 6.45) is 1.02. The van der Waals surface area contributed by atoms with Gasteiger partial charge in [0.1, 0.15) is 17.9 Å². The second kappa shape index (κ2) is 4.76. The number of halogens is 2. The maximum absolute atomic E-state index is 12.9. The third kappa shape index (κ3) is 2.68. The van der Waals surface area contributed by atoms with Crippen molar-refractivity contribution >= 4 is 5.69 Å². The van der Waals surface area contributed by atoms with Gasteiger partial charge in [-0.05, 0) is 31.5 Å². The molecular weight excluding hydrogens is 214 g/mol. The summed E-state index contributed by atoms with van der Waals surface area (Å²) in [7, 11) is 0. The van der Waals surface area contributed by atoms with E-state index in [9.17, 15) is 13.9 Å². The van der Waals surface area contributed by atoms with Crippen molar-refractivity contribution in [2.24, 2.45) is 0 Å². The highest BCUT2D eigenvalue weighted by atomic mass is 19.1. The number of nitrogens with one attached hydrogen (secondary N) is 2. The Kier molecular flexibility index (Phi) is 3.36. The number of aliphatic hydroxyl groups excluding tert-OH is 1. The fourth-order valence-corrected chi connectivity index (χ4v) is 1.89. The van der Waals surface area contributed by atoms with E-state index >= 15 is 0 Å². The standard InChI is InChI=1S/C11H14F2N2O/c12-7-4-8(13)6-9(5-7)15-11(16)10-2-1-3-14-10/h4-6,10-11,14-16H,1-3H2/t10-,11?/m1/s1. The lowest BCUT2D eigenvalue weighted by Gasteiger charge is -2.20. The second-order valence-electron chi connectivity index (χ2n) is 3.95. The lowest BCUT2D eigenvalue weighted by atomic mass is 10.2. The van der Waals surface area contributed by atoms with Gasteiger partial charge in [0.05, 0.1) is 6.04 Å². The van der Waals surface area contributed by atoms with Crippen molar-refractivity contribution in [1.82, 2.24) is 5.32 Å². The molecule has 0 bridgehead atoms. The zero-order valence-corrected chi connectivity index (χ0v) is 8.71.